The molecule has 26 heavy (non-hydrogen) atoms. The van der Waals surface area contributed by atoms with Crippen molar-refractivity contribution < 1.29 is 14.1 Å². The highest BCUT2D eigenvalue weighted by atomic mass is 16.7. The van der Waals surface area contributed by atoms with Gasteiger partial charge in [0, 0.05) is 39.6 Å². The van der Waals surface area contributed by atoms with Crippen LogP contribution in [0.3, 0.4) is 0 Å². The van der Waals surface area contributed by atoms with Gasteiger partial charge in [-0.15, -0.1) is 0 Å². The summed E-state index contributed by atoms with van der Waals surface area (Å²) >= 11 is 0. The summed E-state index contributed by atoms with van der Waals surface area (Å²) in [4.78, 5) is 15.8. The van der Waals surface area contributed by atoms with E-state index in [4.69, 9.17) is 9.31 Å². The SMILES string of the molecule is CC(=O)N1CCN(CCc2ccc(B3OC(C)(C)C(C)(C)O3)cc2)CC1. The normalized spacial score (nSPS) is 22.7. The van der Waals surface area contributed by atoms with Crippen molar-refractivity contribution in [3.05, 3.63) is 29.8 Å². The quantitative estimate of drug-likeness (QED) is 0.769. The van der Waals surface area contributed by atoms with Crippen LogP contribution in [0.25, 0.3) is 0 Å². The van der Waals surface area contributed by atoms with Crippen molar-refractivity contribution in [3.63, 3.8) is 0 Å². The van der Waals surface area contributed by atoms with Gasteiger partial charge in [0.1, 0.15) is 0 Å². The van der Waals surface area contributed by atoms with Crippen LogP contribution in [0.2, 0.25) is 0 Å². The Balaban J connectivity index is 1.51. The van der Waals surface area contributed by atoms with Crippen LogP contribution >= 0.6 is 0 Å². The lowest BCUT2D eigenvalue weighted by Gasteiger charge is -2.34. The number of carbonyl (C=O) groups is 1. The monoisotopic (exact) mass is 358 g/mol. The molecule has 6 heteroatoms. The first kappa shape index (κ1) is 19.4. The lowest BCUT2D eigenvalue weighted by Crippen LogP contribution is -2.48. The van der Waals surface area contributed by atoms with Gasteiger partial charge < -0.3 is 14.2 Å². The summed E-state index contributed by atoms with van der Waals surface area (Å²) in [5, 5.41) is 0. The molecule has 0 N–H and O–H groups in total. The molecule has 0 aromatic heterocycles. The average molecular weight is 358 g/mol. The van der Waals surface area contributed by atoms with E-state index < -0.39 is 0 Å². The molecule has 0 atom stereocenters. The average Bonchev–Trinajstić information content (AvgIpc) is 2.81. The van der Waals surface area contributed by atoms with Crippen LogP contribution in [0, 0.1) is 0 Å². The summed E-state index contributed by atoms with van der Waals surface area (Å²) in [5.41, 5.74) is 1.78. The molecule has 3 rings (SSSR count). The minimum absolute atomic E-state index is 0.183. The summed E-state index contributed by atoms with van der Waals surface area (Å²) in [6.07, 6.45) is 1.02. The van der Waals surface area contributed by atoms with Crippen LogP contribution in [0.4, 0.5) is 0 Å². The number of benzene rings is 1. The molecule has 1 amide bonds. The van der Waals surface area contributed by atoms with Crippen molar-refractivity contribution in [2.45, 2.75) is 52.2 Å². The summed E-state index contributed by atoms with van der Waals surface area (Å²) in [5.74, 6) is 0.183. The van der Waals surface area contributed by atoms with Crippen LogP contribution in [0.1, 0.15) is 40.2 Å². The van der Waals surface area contributed by atoms with Gasteiger partial charge in [-0.05, 0) is 45.1 Å². The minimum Gasteiger partial charge on any atom is -0.399 e. The fourth-order valence-corrected chi connectivity index (χ4v) is 3.39. The van der Waals surface area contributed by atoms with E-state index in [9.17, 15) is 4.79 Å². The Morgan fingerprint density at radius 2 is 1.54 bits per heavy atom. The highest BCUT2D eigenvalue weighted by molar-refractivity contribution is 6.62. The summed E-state index contributed by atoms with van der Waals surface area (Å²) in [6, 6.07) is 8.58. The first-order chi connectivity index (χ1) is 12.2. The van der Waals surface area contributed by atoms with Crippen molar-refractivity contribution in [3.8, 4) is 0 Å². The smallest absolute Gasteiger partial charge is 0.399 e. The zero-order valence-electron chi connectivity index (χ0n) is 16.7. The van der Waals surface area contributed by atoms with Gasteiger partial charge in [0.25, 0.3) is 0 Å². The van der Waals surface area contributed by atoms with Gasteiger partial charge >= 0.3 is 7.12 Å². The van der Waals surface area contributed by atoms with Crippen LogP contribution in [0.15, 0.2) is 24.3 Å². The minimum atomic E-state index is -0.307. The number of piperazine rings is 1. The lowest BCUT2D eigenvalue weighted by molar-refractivity contribution is -0.130. The number of hydrogen-bond acceptors (Lipinski definition) is 4. The number of amides is 1. The molecule has 0 saturated carbocycles. The second kappa shape index (κ2) is 7.33. The molecule has 0 radical (unpaired) electrons. The maximum absolute atomic E-state index is 11.4. The van der Waals surface area contributed by atoms with Crippen LogP contribution in [-0.2, 0) is 20.5 Å². The molecule has 1 aromatic rings. The van der Waals surface area contributed by atoms with E-state index in [1.807, 2.05) is 4.90 Å². The fraction of sp³-hybridized carbons (Fsp3) is 0.650. The van der Waals surface area contributed by atoms with Crippen LogP contribution < -0.4 is 5.46 Å². The zero-order valence-corrected chi connectivity index (χ0v) is 16.7. The third-order valence-corrected chi connectivity index (χ3v) is 6.04. The fourth-order valence-electron chi connectivity index (χ4n) is 3.39. The topological polar surface area (TPSA) is 42.0 Å². The Morgan fingerprint density at radius 1 is 1.00 bits per heavy atom. The van der Waals surface area contributed by atoms with Gasteiger partial charge in [0.05, 0.1) is 11.2 Å². The molecule has 0 aliphatic carbocycles. The van der Waals surface area contributed by atoms with E-state index in [0.717, 1.165) is 44.6 Å². The summed E-state index contributed by atoms with van der Waals surface area (Å²) < 4.78 is 12.2. The Morgan fingerprint density at radius 3 is 2.04 bits per heavy atom. The Kier molecular flexibility index (Phi) is 5.47. The van der Waals surface area contributed by atoms with Gasteiger partial charge in [-0.2, -0.15) is 0 Å². The van der Waals surface area contributed by atoms with Gasteiger partial charge in [-0.25, -0.2) is 0 Å². The third-order valence-electron chi connectivity index (χ3n) is 6.04. The van der Waals surface area contributed by atoms with Crippen molar-refractivity contribution >= 4 is 18.5 Å². The first-order valence-corrected chi connectivity index (χ1v) is 9.60. The summed E-state index contributed by atoms with van der Waals surface area (Å²) in [6.45, 7) is 14.6. The Labute approximate surface area is 157 Å². The molecule has 2 aliphatic rings. The third kappa shape index (κ3) is 4.13. The van der Waals surface area contributed by atoms with E-state index in [0.29, 0.717) is 0 Å². The van der Waals surface area contributed by atoms with Crippen molar-refractivity contribution in [2.75, 3.05) is 32.7 Å². The molecule has 0 spiro atoms. The molecule has 5 nitrogen and oxygen atoms in total. The molecule has 142 valence electrons. The van der Waals surface area contributed by atoms with E-state index >= 15 is 0 Å². The standard InChI is InChI=1S/C20H31BN2O3/c1-16(24)23-14-12-22(13-15-23)11-10-17-6-8-18(9-7-17)21-25-19(2,3)20(4,5)26-21/h6-9H,10-15H2,1-5H3. The van der Waals surface area contributed by atoms with Gasteiger partial charge in [-0.3, -0.25) is 9.69 Å². The van der Waals surface area contributed by atoms with E-state index in [1.54, 1.807) is 6.92 Å². The van der Waals surface area contributed by atoms with E-state index in [-0.39, 0.29) is 24.2 Å². The maximum Gasteiger partial charge on any atom is 0.494 e. The van der Waals surface area contributed by atoms with Gasteiger partial charge in [0.2, 0.25) is 5.91 Å². The second-order valence-electron chi connectivity index (χ2n) is 8.43. The highest BCUT2D eigenvalue weighted by Gasteiger charge is 2.51. The van der Waals surface area contributed by atoms with Crippen molar-refractivity contribution in [1.82, 2.24) is 9.80 Å². The maximum atomic E-state index is 11.4. The largest absolute Gasteiger partial charge is 0.494 e. The molecule has 2 heterocycles. The first-order valence-electron chi connectivity index (χ1n) is 9.60. The Bertz CT molecular complexity index is 621. The predicted molar refractivity (Wildman–Crippen MR) is 105 cm³/mol. The molecule has 1 aromatic carbocycles. The number of hydrogen-bond donors (Lipinski definition) is 0. The highest BCUT2D eigenvalue weighted by Crippen LogP contribution is 2.36. The van der Waals surface area contributed by atoms with E-state index in [2.05, 4.69) is 56.9 Å². The van der Waals surface area contributed by atoms with Gasteiger partial charge in [0.15, 0.2) is 0 Å². The van der Waals surface area contributed by atoms with Crippen LogP contribution in [-0.4, -0.2) is 66.8 Å². The molecular formula is C20H31BN2O3. The number of carbonyl (C=O) groups excluding carboxylic acids is 1. The van der Waals surface area contributed by atoms with Gasteiger partial charge in [-0.1, -0.05) is 24.3 Å². The Hall–Kier alpha value is -1.37. The zero-order chi connectivity index (χ0) is 18.9. The predicted octanol–water partition coefficient (Wildman–Crippen LogP) is 1.69. The summed E-state index contributed by atoms with van der Waals surface area (Å²) in [7, 11) is -0.297. The van der Waals surface area contributed by atoms with E-state index in [1.165, 1.54) is 5.56 Å². The number of rotatable bonds is 4. The molecule has 0 unspecified atom stereocenters. The molecule has 2 saturated heterocycles. The lowest BCUT2D eigenvalue weighted by atomic mass is 9.79. The molecular weight excluding hydrogens is 327 g/mol. The number of nitrogens with zero attached hydrogens (tertiary/aromatic N) is 2. The van der Waals surface area contributed by atoms with Crippen LogP contribution in [0.5, 0.6) is 0 Å². The van der Waals surface area contributed by atoms with Crippen molar-refractivity contribution in [1.29, 1.82) is 0 Å². The molecule has 2 fully saturated rings. The molecule has 2 aliphatic heterocycles. The molecule has 0 bridgehead atoms. The van der Waals surface area contributed by atoms with Crippen molar-refractivity contribution in [2.24, 2.45) is 0 Å². The second-order valence-corrected chi connectivity index (χ2v) is 8.43.